The number of hydrogen-bond acceptors (Lipinski definition) is 2. The van der Waals surface area contributed by atoms with E-state index in [1.807, 2.05) is 41.1 Å². The topological polar surface area (TPSA) is 28.5 Å². The Bertz CT molecular complexity index is 1480. The Kier molecular flexibility index (Phi) is 6.02. The second-order valence-corrected chi connectivity index (χ2v) is 9.67. The van der Waals surface area contributed by atoms with Crippen molar-refractivity contribution in [1.82, 2.24) is 9.47 Å². The lowest BCUT2D eigenvalue weighted by Crippen LogP contribution is -2.31. The molecule has 0 aliphatic carbocycles. The predicted molar refractivity (Wildman–Crippen MR) is 142 cm³/mol. The lowest BCUT2D eigenvalue weighted by molar-refractivity contribution is -0.114. The number of fused-ring (bicyclic) bond motifs is 1. The van der Waals surface area contributed by atoms with E-state index in [2.05, 4.69) is 15.9 Å². The van der Waals surface area contributed by atoms with Gasteiger partial charge in [-0.15, -0.1) is 0 Å². The highest BCUT2D eigenvalue weighted by molar-refractivity contribution is 9.10. The Hall–Kier alpha value is -3.00. The minimum absolute atomic E-state index is 0.222. The van der Waals surface area contributed by atoms with E-state index in [1.165, 1.54) is 11.0 Å². The minimum atomic E-state index is -0.254. The lowest BCUT2D eigenvalue weighted by Gasteiger charge is -2.16. The summed E-state index contributed by atoms with van der Waals surface area (Å²) in [6.07, 6.45) is 3.77. The van der Waals surface area contributed by atoms with Crippen molar-refractivity contribution in [3.63, 3.8) is 0 Å². The molecule has 2 heterocycles. The summed E-state index contributed by atoms with van der Waals surface area (Å²) in [7, 11) is 1.77. The zero-order valence-electron chi connectivity index (χ0n) is 18.0. The molecule has 1 fully saturated rings. The fraction of sp³-hybridized carbons (Fsp3) is 0.0769. The van der Waals surface area contributed by atoms with E-state index in [9.17, 15) is 9.18 Å². The molecule has 34 heavy (non-hydrogen) atoms. The van der Waals surface area contributed by atoms with Gasteiger partial charge < -0.3 is 9.47 Å². The summed E-state index contributed by atoms with van der Waals surface area (Å²) in [5, 5.41) is 1.91. The van der Waals surface area contributed by atoms with Gasteiger partial charge in [-0.2, -0.15) is 0 Å². The van der Waals surface area contributed by atoms with Crippen LogP contribution < -0.4 is 4.90 Å². The van der Waals surface area contributed by atoms with Gasteiger partial charge in [0.2, 0.25) is 0 Å². The van der Waals surface area contributed by atoms with Crippen molar-refractivity contribution >= 4 is 73.4 Å². The van der Waals surface area contributed by atoms with Crippen LogP contribution in [0.4, 0.5) is 10.1 Å². The summed E-state index contributed by atoms with van der Waals surface area (Å²) in [6.45, 7) is 0.368. The van der Waals surface area contributed by atoms with E-state index < -0.39 is 0 Å². The van der Waals surface area contributed by atoms with Gasteiger partial charge in [0.1, 0.15) is 11.5 Å². The summed E-state index contributed by atoms with van der Waals surface area (Å²) in [6, 6.07) is 19.6. The number of carbonyl (C=O) groups is 1. The number of nitrogens with zero attached hydrogens (tertiary/aromatic N) is 3. The second kappa shape index (κ2) is 8.98. The maximum atomic E-state index is 14.3. The molecule has 1 aliphatic rings. The number of halogens is 3. The number of thiocarbonyl (C=S) groups is 1. The molecule has 0 spiro atoms. The summed E-state index contributed by atoms with van der Waals surface area (Å²) in [5.74, 6) is -0.476. The van der Waals surface area contributed by atoms with Crippen LogP contribution in [0.1, 0.15) is 11.1 Å². The van der Waals surface area contributed by atoms with Gasteiger partial charge in [-0.3, -0.25) is 9.69 Å². The fourth-order valence-electron chi connectivity index (χ4n) is 4.07. The van der Waals surface area contributed by atoms with Gasteiger partial charge in [-0.1, -0.05) is 45.7 Å². The first-order valence-corrected chi connectivity index (χ1v) is 12.0. The van der Waals surface area contributed by atoms with Crippen molar-refractivity contribution in [3.8, 4) is 0 Å². The Morgan fingerprint density at radius 2 is 1.82 bits per heavy atom. The number of carbonyl (C=O) groups excluding carboxylic acids is 1. The summed E-state index contributed by atoms with van der Waals surface area (Å²) >= 11 is 15.1. The number of likely N-dealkylation sites (N-methyl/N-ethyl adjacent to an activating group) is 1. The molecule has 0 atom stereocenters. The Morgan fingerprint density at radius 3 is 2.56 bits per heavy atom. The van der Waals surface area contributed by atoms with Gasteiger partial charge in [0.05, 0.1) is 12.2 Å². The van der Waals surface area contributed by atoms with E-state index >= 15 is 0 Å². The number of amides is 1. The molecule has 1 amide bonds. The minimum Gasteiger partial charge on any atom is -0.342 e. The molecular weight excluding hydrogens is 537 g/mol. The molecule has 1 aliphatic heterocycles. The van der Waals surface area contributed by atoms with E-state index in [-0.39, 0.29) is 11.7 Å². The first-order valence-electron chi connectivity index (χ1n) is 10.4. The van der Waals surface area contributed by atoms with E-state index in [0.29, 0.717) is 33.6 Å². The lowest BCUT2D eigenvalue weighted by atomic mass is 10.1. The maximum Gasteiger partial charge on any atom is 0.281 e. The SMILES string of the molecule is CN1C(=S)N(c2ccc(Cl)cc2)C(=O)/C1=C/c1cn(Cc2ccccc2F)c2ccc(Br)cc12. The molecule has 5 rings (SSSR count). The quantitative estimate of drug-likeness (QED) is 0.204. The zero-order valence-corrected chi connectivity index (χ0v) is 21.2. The maximum absolute atomic E-state index is 14.3. The molecule has 1 saturated heterocycles. The highest BCUT2D eigenvalue weighted by Gasteiger charge is 2.37. The third kappa shape index (κ3) is 4.04. The largest absolute Gasteiger partial charge is 0.342 e. The Labute approximate surface area is 215 Å². The number of aromatic nitrogens is 1. The van der Waals surface area contributed by atoms with Crippen LogP contribution in [0.2, 0.25) is 5.02 Å². The van der Waals surface area contributed by atoms with Crippen LogP contribution in [-0.4, -0.2) is 27.5 Å². The van der Waals surface area contributed by atoms with Crippen molar-refractivity contribution in [2.45, 2.75) is 6.54 Å². The van der Waals surface area contributed by atoms with Gasteiger partial charge in [0.25, 0.3) is 5.91 Å². The van der Waals surface area contributed by atoms with Crippen LogP contribution in [-0.2, 0) is 11.3 Å². The first kappa shape index (κ1) is 22.8. The predicted octanol–water partition coefficient (Wildman–Crippen LogP) is 6.85. The van der Waals surface area contributed by atoms with Gasteiger partial charge in [-0.25, -0.2) is 4.39 Å². The van der Waals surface area contributed by atoms with E-state index in [0.717, 1.165) is 20.9 Å². The number of benzene rings is 3. The van der Waals surface area contributed by atoms with Gasteiger partial charge >= 0.3 is 0 Å². The van der Waals surface area contributed by atoms with E-state index in [4.69, 9.17) is 23.8 Å². The third-order valence-electron chi connectivity index (χ3n) is 5.81. The zero-order chi connectivity index (χ0) is 24.0. The van der Waals surface area contributed by atoms with Crippen LogP contribution in [0.5, 0.6) is 0 Å². The second-order valence-electron chi connectivity index (χ2n) is 7.95. The third-order valence-corrected chi connectivity index (χ3v) is 7.01. The molecule has 1 aromatic heterocycles. The van der Waals surface area contributed by atoms with Gasteiger partial charge in [-0.05, 0) is 66.8 Å². The molecule has 8 heteroatoms. The average Bonchev–Trinajstić information content (AvgIpc) is 3.25. The summed E-state index contributed by atoms with van der Waals surface area (Å²) in [4.78, 5) is 16.6. The Morgan fingerprint density at radius 1 is 1.09 bits per heavy atom. The molecule has 0 N–H and O–H groups in total. The van der Waals surface area contributed by atoms with Gasteiger partial charge in [0, 0.05) is 44.8 Å². The Balaban J connectivity index is 1.59. The normalized spacial score (nSPS) is 15.2. The molecule has 3 aromatic carbocycles. The molecule has 0 radical (unpaired) electrons. The number of anilines is 1. The summed E-state index contributed by atoms with van der Waals surface area (Å²) < 4.78 is 17.2. The molecule has 0 bridgehead atoms. The van der Waals surface area contributed by atoms with Crippen LogP contribution in [0, 0.1) is 5.82 Å². The molecule has 0 saturated carbocycles. The molecule has 0 unspecified atom stereocenters. The van der Waals surface area contributed by atoms with E-state index in [1.54, 1.807) is 48.3 Å². The monoisotopic (exact) mass is 553 g/mol. The highest BCUT2D eigenvalue weighted by Crippen LogP contribution is 2.32. The van der Waals surface area contributed by atoms with Crippen molar-refractivity contribution in [1.29, 1.82) is 0 Å². The van der Waals surface area contributed by atoms with Crippen LogP contribution in [0.25, 0.3) is 17.0 Å². The number of rotatable bonds is 4. The number of hydrogen-bond donors (Lipinski definition) is 0. The van der Waals surface area contributed by atoms with Crippen molar-refractivity contribution in [2.24, 2.45) is 0 Å². The van der Waals surface area contributed by atoms with Crippen LogP contribution in [0.3, 0.4) is 0 Å². The molecule has 4 aromatic rings. The molecular formula is C26H18BrClFN3OS. The standard InChI is InChI=1S/C26H18BrClFN3OS/c1-30-24(25(33)32(26(30)34)20-9-7-19(28)8-10-20)12-17-15-31(14-16-4-2-3-5-22(16)29)23-11-6-18(27)13-21(17)23/h2-13,15H,14H2,1H3/b24-12-. The molecule has 170 valence electrons. The smallest absolute Gasteiger partial charge is 0.281 e. The van der Waals surface area contributed by atoms with Crippen molar-refractivity contribution in [3.05, 3.63) is 105 Å². The first-order chi connectivity index (χ1) is 16.3. The highest BCUT2D eigenvalue weighted by atomic mass is 79.9. The average molecular weight is 555 g/mol. The molecule has 4 nitrogen and oxygen atoms in total. The fourth-order valence-corrected chi connectivity index (χ4v) is 4.85. The summed E-state index contributed by atoms with van der Waals surface area (Å²) in [5.41, 5.74) is 3.46. The van der Waals surface area contributed by atoms with Gasteiger partial charge in [0.15, 0.2) is 5.11 Å². The van der Waals surface area contributed by atoms with Crippen LogP contribution in [0.15, 0.2) is 83.1 Å². The van der Waals surface area contributed by atoms with Crippen molar-refractivity contribution < 1.29 is 9.18 Å². The van der Waals surface area contributed by atoms with Crippen molar-refractivity contribution in [2.75, 3.05) is 11.9 Å². The van der Waals surface area contributed by atoms with Crippen LogP contribution >= 0.6 is 39.7 Å².